The molecular weight excluding hydrogens is 552 g/mol. The van der Waals surface area contributed by atoms with Crippen LogP contribution in [0.3, 0.4) is 0 Å². The number of morpholine rings is 2. The Kier molecular flexibility index (Phi) is 7.12. The maximum absolute atomic E-state index is 12.7. The lowest BCUT2D eigenvalue weighted by Crippen LogP contribution is -2.40. The SMILES string of the molecule is Cc1nn(-c2ccc(Nc3nc(N4CCOCC4)nc(N4CCOCC4)n3)cc2)c2c1C(c1ccccc1O)NC(=O)N2. The molecule has 4 N–H and O–H groups in total. The fourth-order valence-corrected chi connectivity index (χ4v) is 5.54. The molecule has 7 rings (SSSR count). The number of benzene rings is 2. The Morgan fingerprint density at radius 1 is 0.884 bits per heavy atom. The molecule has 0 spiro atoms. The highest BCUT2D eigenvalue weighted by molar-refractivity contribution is 5.93. The molecule has 2 amide bonds. The van der Waals surface area contributed by atoms with E-state index in [-0.39, 0.29) is 11.8 Å². The molecule has 3 aliphatic heterocycles. The topological polar surface area (TPSA) is 155 Å². The minimum Gasteiger partial charge on any atom is -0.508 e. The molecule has 222 valence electrons. The summed E-state index contributed by atoms with van der Waals surface area (Å²) in [5, 5.41) is 24.4. The van der Waals surface area contributed by atoms with Gasteiger partial charge in [0, 0.05) is 43.0 Å². The minimum absolute atomic E-state index is 0.107. The summed E-state index contributed by atoms with van der Waals surface area (Å²) >= 11 is 0. The first-order valence-electron chi connectivity index (χ1n) is 14.3. The standard InChI is InChI=1S/C29H32N10O4/c1-18-23-24(21-4-2-3-5-22(21)40)31-29(41)32-25(23)39(36-18)20-8-6-19(7-9-20)30-26-33-27(37-10-14-42-15-11-37)35-28(34-26)38-12-16-43-17-13-38/h2-9,24,40H,10-17H2,1H3,(H2,31,32,41)(H,30,33,34,35). The van der Waals surface area contributed by atoms with Gasteiger partial charge in [-0.05, 0) is 37.3 Å². The van der Waals surface area contributed by atoms with Crippen molar-refractivity contribution < 1.29 is 19.4 Å². The number of aryl methyl sites for hydroxylation is 1. The number of nitrogens with zero attached hydrogens (tertiary/aromatic N) is 7. The van der Waals surface area contributed by atoms with Crippen LogP contribution in [0, 0.1) is 6.92 Å². The lowest BCUT2D eigenvalue weighted by atomic mass is 9.96. The van der Waals surface area contributed by atoms with E-state index in [0.717, 1.165) is 22.6 Å². The van der Waals surface area contributed by atoms with Crippen LogP contribution in [0.4, 0.5) is 34.1 Å². The first-order chi connectivity index (χ1) is 21.0. The van der Waals surface area contributed by atoms with E-state index in [1.807, 2.05) is 37.3 Å². The molecule has 2 fully saturated rings. The Bertz CT molecular complexity index is 1590. The zero-order valence-corrected chi connectivity index (χ0v) is 23.7. The zero-order chi connectivity index (χ0) is 29.3. The van der Waals surface area contributed by atoms with Crippen LogP contribution in [0.1, 0.15) is 22.9 Å². The third-order valence-electron chi connectivity index (χ3n) is 7.72. The summed E-state index contributed by atoms with van der Waals surface area (Å²) in [6.45, 7) is 7.25. The first-order valence-corrected chi connectivity index (χ1v) is 14.3. The molecule has 2 aromatic carbocycles. The van der Waals surface area contributed by atoms with Gasteiger partial charge in [0.1, 0.15) is 11.6 Å². The van der Waals surface area contributed by atoms with Crippen LogP contribution in [0.15, 0.2) is 48.5 Å². The number of amides is 2. The minimum atomic E-state index is -0.537. The van der Waals surface area contributed by atoms with Crippen LogP contribution in [0.5, 0.6) is 5.75 Å². The Hall–Kier alpha value is -4.95. The van der Waals surface area contributed by atoms with Crippen LogP contribution < -0.4 is 25.8 Å². The van der Waals surface area contributed by atoms with Crippen molar-refractivity contribution in [3.63, 3.8) is 0 Å². The number of ether oxygens (including phenoxy) is 2. The Morgan fingerprint density at radius 2 is 1.51 bits per heavy atom. The third kappa shape index (κ3) is 5.37. The van der Waals surface area contributed by atoms with Crippen molar-refractivity contribution in [2.24, 2.45) is 0 Å². The Morgan fingerprint density at radius 3 is 2.14 bits per heavy atom. The molecule has 5 heterocycles. The van der Waals surface area contributed by atoms with Crippen molar-refractivity contribution >= 4 is 35.4 Å². The van der Waals surface area contributed by atoms with Crippen molar-refractivity contribution in [3.8, 4) is 11.4 Å². The Balaban J connectivity index is 1.17. The van der Waals surface area contributed by atoms with Crippen molar-refractivity contribution in [1.82, 2.24) is 30.0 Å². The summed E-state index contributed by atoms with van der Waals surface area (Å²) in [5.74, 6) is 2.33. The molecule has 0 saturated carbocycles. The summed E-state index contributed by atoms with van der Waals surface area (Å²) < 4.78 is 12.7. The number of urea groups is 1. The normalized spacial score (nSPS) is 18.5. The molecule has 2 saturated heterocycles. The van der Waals surface area contributed by atoms with Gasteiger partial charge in [-0.15, -0.1) is 0 Å². The number of rotatable bonds is 6. The van der Waals surface area contributed by atoms with E-state index in [1.54, 1.807) is 22.9 Å². The largest absolute Gasteiger partial charge is 0.508 e. The van der Waals surface area contributed by atoms with Gasteiger partial charge >= 0.3 is 6.03 Å². The molecule has 1 unspecified atom stereocenters. The van der Waals surface area contributed by atoms with Crippen molar-refractivity contribution in [3.05, 3.63) is 65.4 Å². The Labute approximate surface area is 247 Å². The quantitative estimate of drug-likeness (QED) is 0.264. The van der Waals surface area contributed by atoms with E-state index in [9.17, 15) is 9.90 Å². The fourth-order valence-electron chi connectivity index (χ4n) is 5.54. The van der Waals surface area contributed by atoms with E-state index in [0.29, 0.717) is 81.8 Å². The van der Waals surface area contributed by atoms with Gasteiger partial charge in [-0.1, -0.05) is 18.2 Å². The number of carbonyl (C=O) groups is 1. The van der Waals surface area contributed by atoms with E-state index in [4.69, 9.17) is 29.5 Å². The number of fused-ring (bicyclic) bond motifs is 1. The molecular formula is C29H32N10O4. The van der Waals surface area contributed by atoms with Gasteiger partial charge in [-0.2, -0.15) is 20.1 Å². The molecule has 0 radical (unpaired) electrons. The predicted molar refractivity (Wildman–Crippen MR) is 160 cm³/mol. The third-order valence-corrected chi connectivity index (χ3v) is 7.72. The monoisotopic (exact) mass is 584 g/mol. The molecule has 43 heavy (non-hydrogen) atoms. The highest BCUT2D eigenvalue weighted by Crippen LogP contribution is 2.38. The van der Waals surface area contributed by atoms with E-state index >= 15 is 0 Å². The maximum atomic E-state index is 12.7. The number of anilines is 5. The van der Waals surface area contributed by atoms with Crippen LogP contribution in [-0.4, -0.2) is 88.5 Å². The lowest BCUT2D eigenvalue weighted by molar-refractivity contribution is 0.121. The highest BCUT2D eigenvalue weighted by Gasteiger charge is 2.33. The second-order valence-electron chi connectivity index (χ2n) is 10.5. The van der Waals surface area contributed by atoms with Crippen LogP contribution in [-0.2, 0) is 9.47 Å². The van der Waals surface area contributed by atoms with Gasteiger partial charge in [0.2, 0.25) is 17.8 Å². The van der Waals surface area contributed by atoms with E-state index in [2.05, 4.69) is 25.8 Å². The van der Waals surface area contributed by atoms with E-state index < -0.39 is 6.04 Å². The number of carbonyl (C=O) groups excluding carboxylic acids is 1. The van der Waals surface area contributed by atoms with Gasteiger partial charge in [-0.25, -0.2) is 9.48 Å². The zero-order valence-electron chi connectivity index (χ0n) is 23.7. The average molecular weight is 585 g/mol. The van der Waals surface area contributed by atoms with Gasteiger partial charge in [0.05, 0.1) is 43.9 Å². The molecule has 0 bridgehead atoms. The summed E-state index contributed by atoms with van der Waals surface area (Å²) in [5.41, 5.74) is 3.67. The van der Waals surface area contributed by atoms with Crippen molar-refractivity contribution in [1.29, 1.82) is 0 Å². The number of hydrogen-bond acceptors (Lipinski definition) is 11. The number of phenols is 1. The molecule has 3 aliphatic rings. The number of phenolic OH excluding ortho intramolecular Hbond substituents is 1. The van der Waals surface area contributed by atoms with Crippen LogP contribution in [0.25, 0.3) is 5.69 Å². The molecule has 1 atom stereocenters. The molecule has 14 heteroatoms. The van der Waals surface area contributed by atoms with Gasteiger partial charge in [0.15, 0.2) is 0 Å². The average Bonchev–Trinajstić information content (AvgIpc) is 3.37. The molecule has 14 nitrogen and oxygen atoms in total. The number of aromatic hydroxyl groups is 1. The number of aromatic nitrogens is 5. The number of nitrogens with one attached hydrogen (secondary N) is 3. The second kappa shape index (κ2) is 11.4. The molecule has 4 aromatic rings. The fraction of sp³-hybridized carbons (Fsp3) is 0.345. The molecule has 2 aromatic heterocycles. The second-order valence-corrected chi connectivity index (χ2v) is 10.5. The van der Waals surface area contributed by atoms with Crippen molar-refractivity contribution in [2.75, 3.05) is 73.0 Å². The summed E-state index contributed by atoms with van der Waals surface area (Å²) in [6, 6.07) is 13.7. The number of para-hydroxylation sites is 1. The summed E-state index contributed by atoms with van der Waals surface area (Å²) in [6.07, 6.45) is 0. The summed E-state index contributed by atoms with van der Waals surface area (Å²) in [4.78, 5) is 31.1. The van der Waals surface area contributed by atoms with Gasteiger partial charge in [0.25, 0.3) is 0 Å². The van der Waals surface area contributed by atoms with Crippen LogP contribution >= 0.6 is 0 Å². The molecule has 0 aliphatic carbocycles. The van der Waals surface area contributed by atoms with Crippen LogP contribution in [0.2, 0.25) is 0 Å². The predicted octanol–water partition coefficient (Wildman–Crippen LogP) is 2.71. The van der Waals surface area contributed by atoms with Gasteiger partial charge in [-0.3, -0.25) is 5.32 Å². The van der Waals surface area contributed by atoms with E-state index in [1.165, 1.54) is 0 Å². The lowest BCUT2D eigenvalue weighted by Gasteiger charge is -2.30. The highest BCUT2D eigenvalue weighted by atomic mass is 16.5. The maximum Gasteiger partial charge on any atom is 0.321 e. The number of hydrogen-bond donors (Lipinski definition) is 4. The van der Waals surface area contributed by atoms with Gasteiger partial charge < -0.3 is 35.0 Å². The summed E-state index contributed by atoms with van der Waals surface area (Å²) in [7, 11) is 0. The smallest absolute Gasteiger partial charge is 0.321 e. The first kappa shape index (κ1) is 26.9. The van der Waals surface area contributed by atoms with Crippen molar-refractivity contribution in [2.45, 2.75) is 13.0 Å².